The molecular formula is C9H12CuMgO4Si. The monoisotopic (exact) mass is 299 g/mol. The fourth-order valence-corrected chi connectivity index (χ4v) is 1.06. The normalized spacial score (nSPS) is 10.2. The molecule has 0 spiro atoms. The van der Waals surface area contributed by atoms with Gasteiger partial charge in [-0.3, -0.25) is 4.46 Å². The van der Waals surface area contributed by atoms with E-state index < -0.39 is 9.17 Å². The van der Waals surface area contributed by atoms with Crippen molar-refractivity contribution >= 4 is 38.3 Å². The Bertz CT molecular complexity index is 364. The maximum absolute atomic E-state index is 8.74. The summed E-state index contributed by atoms with van der Waals surface area (Å²) < 4.78 is 14.1. The van der Waals surface area contributed by atoms with Crippen LogP contribution in [-0.2, 0) is 21.5 Å². The van der Waals surface area contributed by atoms with Crippen molar-refractivity contribution in [2.45, 2.75) is 0 Å². The molecule has 89 valence electrons. The van der Waals surface area contributed by atoms with Crippen LogP contribution in [0.4, 0.5) is 0 Å². The Hall–Kier alpha value is -0.337. The van der Waals surface area contributed by atoms with Gasteiger partial charge in [-0.2, -0.15) is 0 Å². The van der Waals surface area contributed by atoms with E-state index in [4.69, 9.17) is 18.8 Å². The third kappa shape index (κ3) is 7.02. The number of para-hydroxylation sites is 1. The number of hydrogen-bond donors (Lipinski definition) is 2. The van der Waals surface area contributed by atoms with E-state index >= 15 is 0 Å². The molecule has 0 aromatic heterocycles. The standard InChI is InChI=1S/C9H8O.Cu.Mg.H2O3Si.2H/c1-2-6-9-8(4-1)5-3-7-10-9;;;1-4(2)3;;/h1-6H,7H2;;;1-2H;;/q;;+2;;2*-1. The molecule has 7 heteroatoms. The van der Waals surface area contributed by atoms with Crippen molar-refractivity contribution in [2.24, 2.45) is 0 Å². The quantitative estimate of drug-likeness (QED) is 0.677. The summed E-state index contributed by atoms with van der Waals surface area (Å²) in [6.07, 6.45) is 4.10. The van der Waals surface area contributed by atoms with E-state index in [-0.39, 0.29) is 43.0 Å². The Morgan fingerprint density at radius 1 is 1.31 bits per heavy atom. The Morgan fingerprint density at radius 3 is 2.44 bits per heavy atom. The fraction of sp³-hybridized carbons (Fsp3) is 0.111. The average molecular weight is 300 g/mol. The summed E-state index contributed by atoms with van der Waals surface area (Å²) in [4.78, 5) is 14.3. The second-order valence-corrected chi connectivity index (χ2v) is 3.10. The van der Waals surface area contributed by atoms with Crippen LogP contribution in [-0.4, -0.2) is 48.4 Å². The molecule has 0 aliphatic carbocycles. The summed E-state index contributed by atoms with van der Waals surface area (Å²) in [5.74, 6) is 0.991. The molecule has 16 heavy (non-hydrogen) atoms. The van der Waals surface area contributed by atoms with Crippen molar-refractivity contribution in [3.8, 4) is 5.75 Å². The van der Waals surface area contributed by atoms with Crippen LogP contribution >= 0.6 is 0 Å². The zero-order chi connectivity index (χ0) is 10.4. The van der Waals surface area contributed by atoms with Gasteiger partial charge in [-0.1, -0.05) is 24.3 Å². The summed E-state index contributed by atoms with van der Waals surface area (Å²) in [6.45, 7) is 0.705. The molecule has 0 unspecified atom stereocenters. The minimum Gasteiger partial charge on any atom is -1.00 e. The topological polar surface area (TPSA) is 66.8 Å². The Balaban J connectivity index is -0.000000111. The first-order valence-electron chi connectivity index (χ1n) is 4.00. The molecular weight excluding hydrogens is 288 g/mol. The second-order valence-electron chi connectivity index (χ2n) is 2.53. The Kier molecular flexibility index (Phi) is 11.1. The summed E-state index contributed by atoms with van der Waals surface area (Å²) in [6, 6.07) is 8.03. The number of ether oxygens (including phenoxy) is 1. The molecule has 0 bridgehead atoms. The van der Waals surface area contributed by atoms with E-state index in [9.17, 15) is 0 Å². The molecule has 1 aliphatic rings. The van der Waals surface area contributed by atoms with E-state index in [0.717, 1.165) is 5.75 Å². The van der Waals surface area contributed by atoms with Crippen molar-refractivity contribution in [1.29, 1.82) is 0 Å². The van der Waals surface area contributed by atoms with Crippen LogP contribution in [0.1, 0.15) is 8.42 Å². The molecule has 1 aromatic carbocycles. The van der Waals surface area contributed by atoms with E-state index in [1.807, 2.05) is 30.3 Å². The number of fused-ring (bicyclic) bond motifs is 1. The van der Waals surface area contributed by atoms with Crippen molar-refractivity contribution in [3.05, 3.63) is 35.9 Å². The van der Waals surface area contributed by atoms with Gasteiger partial charge in [0.1, 0.15) is 12.4 Å². The van der Waals surface area contributed by atoms with Gasteiger partial charge in [0, 0.05) is 22.6 Å². The van der Waals surface area contributed by atoms with Gasteiger partial charge in [0.2, 0.25) is 0 Å². The van der Waals surface area contributed by atoms with Gasteiger partial charge in [-0.05, 0) is 12.1 Å². The minimum absolute atomic E-state index is 0. The van der Waals surface area contributed by atoms with Crippen LogP contribution in [0.15, 0.2) is 30.3 Å². The van der Waals surface area contributed by atoms with Crippen LogP contribution in [0.2, 0.25) is 0 Å². The van der Waals surface area contributed by atoms with Crippen LogP contribution in [0.5, 0.6) is 5.75 Å². The van der Waals surface area contributed by atoms with Gasteiger partial charge >= 0.3 is 32.2 Å². The molecule has 4 nitrogen and oxygen atoms in total. The molecule has 0 saturated heterocycles. The van der Waals surface area contributed by atoms with E-state index in [2.05, 4.69) is 6.08 Å². The molecule has 0 saturated carbocycles. The van der Waals surface area contributed by atoms with Crippen LogP contribution < -0.4 is 4.74 Å². The molecule has 2 N–H and O–H groups in total. The number of benzene rings is 1. The SMILES string of the molecule is C1=Cc2ccccc2OC1.O=[Si](O)O.[Cu].[H-].[H-].[Mg+2]. The Morgan fingerprint density at radius 2 is 1.88 bits per heavy atom. The molecule has 1 aliphatic heterocycles. The van der Waals surface area contributed by atoms with Crippen LogP contribution in [0.3, 0.4) is 0 Å². The van der Waals surface area contributed by atoms with Crippen molar-refractivity contribution in [3.63, 3.8) is 0 Å². The van der Waals surface area contributed by atoms with Crippen LogP contribution in [0, 0.1) is 0 Å². The first kappa shape index (κ1) is 18.0. The fourth-order valence-electron chi connectivity index (χ4n) is 1.06. The number of rotatable bonds is 0. The van der Waals surface area contributed by atoms with Gasteiger partial charge in [0.05, 0.1) is 0 Å². The molecule has 1 aromatic rings. The van der Waals surface area contributed by atoms with Gasteiger partial charge in [0.15, 0.2) is 0 Å². The third-order valence-electron chi connectivity index (χ3n) is 1.55. The predicted octanol–water partition coefficient (Wildman–Crippen LogP) is 0.320. The zero-order valence-corrected chi connectivity index (χ0v) is 11.7. The van der Waals surface area contributed by atoms with E-state index in [0.29, 0.717) is 6.61 Å². The summed E-state index contributed by atoms with van der Waals surface area (Å²) >= 11 is 0. The van der Waals surface area contributed by atoms with Crippen LogP contribution in [0.25, 0.3) is 6.08 Å². The molecule has 1 radical (unpaired) electrons. The molecule has 1 heterocycles. The first-order valence-corrected chi connectivity index (χ1v) is 5.30. The molecule has 2 rings (SSSR count). The van der Waals surface area contributed by atoms with Gasteiger partial charge < -0.3 is 17.2 Å². The van der Waals surface area contributed by atoms with Gasteiger partial charge in [0.25, 0.3) is 0 Å². The van der Waals surface area contributed by atoms with E-state index in [1.54, 1.807) is 0 Å². The first-order chi connectivity index (χ1) is 6.70. The molecule has 0 amide bonds. The summed E-state index contributed by atoms with van der Waals surface area (Å²) in [5, 5.41) is 0. The third-order valence-corrected chi connectivity index (χ3v) is 1.55. The smallest absolute Gasteiger partial charge is 1.00 e. The average Bonchev–Trinajstić information content (AvgIpc) is 2.17. The summed E-state index contributed by atoms with van der Waals surface area (Å²) in [7, 11) is -3.13. The second kappa shape index (κ2) is 9.86. The van der Waals surface area contributed by atoms with Gasteiger partial charge in [-0.15, -0.1) is 0 Å². The predicted molar refractivity (Wildman–Crippen MR) is 59.8 cm³/mol. The minimum atomic E-state index is -3.13. The maximum atomic E-state index is 8.74. The van der Waals surface area contributed by atoms with Gasteiger partial charge in [-0.25, -0.2) is 0 Å². The van der Waals surface area contributed by atoms with Crippen molar-refractivity contribution < 1.29 is 38.7 Å². The zero-order valence-electron chi connectivity index (χ0n) is 10.4. The van der Waals surface area contributed by atoms with E-state index in [1.165, 1.54) is 5.56 Å². The molecule has 0 fully saturated rings. The number of hydrogen-bond acceptors (Lipinski definition) is 2. The largest absolute Gasteiger partial charge is 2.00 e. The van der Waals surface area contributed by atoms with Crippen molar-refractivity contribution in [2.75, 3.05) is 6.61 Å². The molecule has 0 atom stereocenters. The maximum Gasteiger partial charge on any atom is 2.00 e. The summed E-state index contributed by atoms with van der Waals surface area (Å²) in [5.41, 5.74) is 1.17. The Labute approximate surface area is 125 Å². The van der Waals surface area contributed by atoms with Crippen molar-refractivity contribution in [1.82, 2.24) is 0 Å².